The van der Waals surface area contributed by atoms with Gasteiger partial charge in [-0.1, -0.05) is 19.9 Å². The zero-order valence-corrected chi connectivity index (χ0v) is 10.4. The number of alkyl halides is 1. The summed E-state index contributed by atoms with van der Waals surface area (Å²) in [6.07, 6.45) is 2.39. The van der Waals surface area contributed by atoms with Crippen LogP contribution in [0, 0.1) is 0 Å². The number of allylic oxidation sites excluding steroid dienone is 1. The normalized spacial score (nSPS) is 14.3. The van der Waals surface area contributed by atoms with Gasteiger partial charge in [-0.2, -0.15) is 0 Å². The van der Waals surface area contributed by atoms with Crippen LogP contribution in [-0.4, -0.2) is 41.0 Å². The second-order valence-corrected chi connectivity index (χ2v) is 4.05. The van der Waals surface area contributed by atoms with Crippen LogP contribution >= 0.6 is 11.6 Å². The zero-order chi connectivity index (χ0) is 11.8. The molecule has 0 spiro atoms. The van der Waals surface area contributed by atoms with Crippen molar-refractivity contribution < 1.29 is 9.90 Å². The molecule has 1 unspecified atom stereocenters. The monoisotopic (exact) mass is 233 g/mol. The lowest BCUT2D eigenvalue weighted by molar-refractivity contribution is -0.132. The van der Waals surface area contributed by atoms with Gasteiger partial charge in [-0.3, -0.25) is 0 Å². The van der Waals surface area contributed by atoms with E-state index < -0.39 is 5.97 Å². The van der Waals surface area contributed by atoms with Crippen LogP contribution in [0.25, 0.3) is 0 Å². The van der Waals surface area contributed by atoms with E-state index in [1.807, 2.05) is 0 Å². The first kappa shape index (κ1) is 14.5. The summed E-state index contributed by atoms with van der Waals surface area (Å²) < 4.78 is 0. The Balaban J connectivity index is 3.98. The van der Waals surface area contributed by atoms with Crippen molar-refractivity contribution in [3.05, 3.63) is 11.6 Å². The van der Waals surface area contributed by atoms with Crippen molar-refractivity contribution in [3.8, 4) is 0 Å². The Hall–Kier alpha value is -0.540. The van der Waals surface area contributed by atoms with Crippen LogP contribution in [0.5, 0.6) is 0 Å². The van der Waals surface area contributed by atoms with Gasteiger partial charge in [0.15, 0.2) is 0 Å². The van der Waals surface area contributed by atoms with Gasteiger partial charge in [-0.15, -0.1) is 11.6 Å². The van der Waals surface area contributed by atoms with E-state index in [0.29, 0.717) is 5.57 Å². The van der Waals surface area contributed by atoms with Crippen LogP contribution in [0.15, 0.2) is 11.6 Å². The topological polar surface area (TPSA) is 40.5 Å². The molecule has 88 valence electrons. The van der Waals surface area contributed by atoms with Crippen LogP contribution in [0.1, 0.15) is 27.2 Å². The predicted molar refractivity (Wildman–Crippen MR) is 63.4 cm³/mol. The fourth-order valence-electron chi connectivity index (χ4n) is 1.27. The van der Waals surface area contributed by atoms with E-state index >= 15 is 0 Å². The molecule has 0 heterocycles. The van der Waals surface area contributed by atoms with Crippen molar-refractivity contribution in [1.29, 1.82) is 0 Å². The predicted octanol–water partition coefficient (Wildman–Crippen LogP) is 2.36. The van der Waals surface area contributed by atoms with E-state index in [2.05, 4.69) is 18.7 Å². The van der Waals surface area contributed by atoms with E-state index in [-0.39, 0.29) is 5.38 Å². The molecule has 15 heavy (non-hydrogen) atoms. The third-order valence-electron chi connectivity index (χ3n) is 2.38. The number of nitrogens with zero attached hydrogens (tertiary/aromatic N) is 1. The third-order valence-corrected chi connectivity index (χ3v) is 2.73. The van der Waals surface area contributed by atoms with Crippen LogP contribution in [0.2, 0.25) is 0 Å². The van der Waals surface area contributed by atoms with E-state index in [1.54, 1.807) is 13.0 Å². The first-order chi connectivity index (χ1) is 7.01. The number of rotatable bonds is 7. The van der Waals surface area contributed by atoms with Gasteiger partial charge in [-0.25, -0.2) is 4.79 Å². The van der Waals surface area contributed by atoms with E-state index in [4.69, 9.17) is 16.7 Å². The molecular formula is C11H20ClNO2. The summed E-state index contributed by atoms with van der Waals surface area (Å²) in [4.78, 5) is 12.8. The lowest BCUT2D eigenvalue weighted by Crippen LogP contribution is -2.25. The SMILES string of the molecule is CCN(CC)CCC(Cl)C=C(C)C(=O)O. The van der Waals surface area contributed by atoms with E-state index in [9.17, 15) is 4.79 Å². The Morgan fingerprint density at radius 2 is 2.00 bits per heavy atom. The maximum absolute atomic E-state index is 10.5. The van der Waals surface area contributed by atoms with Gasteiger partial charge < -0.3 is 10.0 Å². The summed E-state index contributed by atoms with van der Waals surface area (Å²) in [5.74, 6) is -0.900. The maximum Gasteiger partial charge on any atom is 0.330 e. The van der Waals surface area contributed by atoms with Crippen LogP contribution in [0.4, 0.5) is 0 Å². The van der Waals surface area contributed by atoms with Crippen molar-refractivity contribution in [2.75, 3.05) is 19.6 Å². The number of aliphatic carboxylic acids is 1. The Labute approximate surface area is 96.7 Å². The highest BCUT2D eigenvalue weighted by Gasteiger charge is 2.07. The van der Waals surface area contributed by atoms with Crippen LogP contribution < -0.4 is 0 Å². The molecule has 0 aliphatic heterocycles. The summed E-state index contributed by atoms with van der Waals surface area (Å²) in [5, 5.41) is 8.47. The Bertz CT molecular complexity index is 225. The first-order valence-electron chi connectivity index (χ1n) is 5.29. The maximum atomic E-state index is 10.5. The van der Waals surface area contributed by atoms with Crippen LogP contribution in [0.3, 0.4) is 0 Å². The Kier molecular flexibility index (Phi) is 7.44. The van der Waals surface area contributed by atoms with Crippen molar-refractivity contribution in [3.63, 3.8) is 0 Å². The highest BCUT2D eigenvalue weighted by atomic mass is 35.5. The zero-order valence-electron chi connectivity index (χ0n) is 9.66. The number of carboxylic acids is 1. The molecule has 0 saturated heterocycles. The molecule has 0 aliphatic carbocycles. The number of carboxylic acid groups (broad SMARTS) is 1. The first-order valence-corrected chi connectivity index (χ1v) is 5.73. The molecule has 0 aromatic heterocycles. The molecule has 0 fully saturated rings. The molecule has 0 rings (SSSR count). The van der Waals surface area contributed by atoms with Gasteiger partial charge in [0, 0.05) is 5.57 Å². The smallest absolute Gasteiger partial charge is 0.330 e. The molecule has 0 bridgehead atoms. The van der Waals surface area contributed by atoms with Crippen molar-refractivity contribution in [1.82, 2.24) is 4.90 Å². The molecule has 3 nitrogen and oxygen atoms in total. The van der Waals surface area contributed by atoms with Crippen molar-refractivity contribution in [2.24, 2.45) is 0 Å². The number of hydrogen-bond acceptors (Lipinski definition) is 2. The highest BCUT2D eigenvalue weighted by molar-refractivity contribution is 6.22. The van der Waals surface area contributed by atoms with Gasteiger partial charge in [0.05, 0.1) is 5.38 Å². The summed E-state index contributed by atoms with van der Waals surface area (Å²) in [6, 6.07) is 0. The summed E-state index contributed by atoms with van der Waals surface area (Å²) in [5.41, 5.74) is 0.314. The second kappa shape index (κ2) is 7.71. The van der Waals surface area contributed by atoms with Gasteiger partial charge in [0.1, 0.15) is 0 Å². The molecule has 1 atom stereocenters. The minimum Gasteiger partial charge on any atom is -0.478 e. The largest absolute Gasteiger partial charge is 0.478 e. The van der Waals surface area contributed by atoms with Crippen molar-refractivity contribution in [2.45, 2.75) is 32.6 Å². The molecule has 0 radical (unpaired) electrons. The standard InChI is InChI=1S/C11H20ClNO2/c1-4-13(5-2)7-6-10(12)8-9(3)11(14)15/h8,10H,4-7H2,1-3H3,(H,14,15). The third kappa shape index (κ3) is 6.52. The molecule has 0 aliphatic rings. The van der Waals surface area contributed by atoms with E-state index in [1.165, 1.54) is 0 Å². The number of carbonyl (C=O) groups is 1. The lowest BCUT2D eigenvalue weighted by atomic mass is 10.2. The quantitative estimate of drug-likeness (QED) is 0.542. The van der Waals surface area contributed by atoms with Gasteiger partial charge >= 0.3 is 5.97 Å². The lowest BCUT2D eigenvalue weighted by Gasteiger charge is -2.18. The molecule has 0 amide bonds. The highest BCUT2D eigenvalue weighted by Crippen LogP contribution is 2.08. The summed E-state index contributed by atoms with van der Waals surface area (Å²) in [6.45, 7) is 8.68. The number of halogens is 1. The summed E-state index contributed by atoms with van der Waals surface area (Å²) >= 11 is 6.01. The fourth-order valence-corrected chi connectivity index (χ4v) is 1.56. The average Bonchev–Trinajstić information content (AvgIpc) is 2.19. The van der Waals surface area contributed by atoms with Gasteiger partial charge in [0.25, 0.3) is 0 Å². The molecule has 0 aromatic carbocycles. The fraction of sp³-hybridized carbons (Fsp3) is 0.727. The molecule has 0 saturated carbocycles. The Morgan fingerprint density at radius 1 is 1.47 bits per heavy atom. The summed E-state index contributed by atoms with van der Waals surface area (Å²) in [7, 11) is 0. The van der Waals surface area contributed by atoms with Crippen LogP contribution in [-0.2, 0) is 4.79 Å². The average molecular weight is 234 g/mol. The second-order valence-electron chi connectivity index (χ2n) is 3.49. The molecular weight excluding hydrogens is 214 g/mol. The minimum atomic E-state index is -0.900. The number of hydrogen-bond donors (Lipinski definition) is 1. The molecule has 4 heteroatoms. The van der Waals surface area contributed by atoms with Crippen molar-refractivity contribution >= 4 is 17.6 Å². The van der Waals surface area contributed by atoms with E-state index in [0.717, 1.165) is 26.1 Å². The van der Waals surface area contributed by atoms with Gasteiger partial charge in [0.2, 0.25) is 0 Å². The molecule has 0 aromatic rings. The Morgan fingerprint density at radius 3 is 2.40 bits per heavy atom. The molecule has 1 N–H and O–H groups in total. The minimum absolute atomic E-state index is 0.193. The van der Waals surface area contributed by atoms with Gasteiger partial charge in [-0.05, 0) is 33.0 Å².